The highest BCUT2D eigenvalue weighted by Crippen LogP contribution is 2.25. The van der Waals surface area contributed by atoms with Crippen LogP contribution in [-0.2, 0) is 4.79 Å². The minimum atomic E-state index is -0.375. The molecule has 0 atom stereocenters. The molecule has 4 nitrogen and oxygen atoms in total. The number of amides is 1. The summed E-state index contributed by atoms with van der Waals surface area (Å²) in [5.74, 6) is 5.15. The van der Waals surface area contributed by atoms with Crippen LogP contribution in [0.5, 0.6) is 5.75 Å². The van der Waals surface area contributed by atoms with E-state index < -0.39 is 0 Å². The van der Waals surface area contributed by atoms with Crippen LogP contribution in [0.1, 0.15) is 11.1 Å². The topological polar surface area (TPSA) is 64.3 Å². The predicted molar refractivity (Wildman–Crippen MR) is 58.8 cm³/mol. The summed E-state index contributed by atoms with van der Waals surface area (Å²) in [4.78, 5) is 10.8. The van der Waals surface area contributed by atoms with E-state index in [1.165, 1.54) is 0 Å². The number of halogens is 1. The number of rotatable bonds is 3. The van der Waals surface area contributed by atoms with Crippen molar-refractivity contribution in [3.8, 4) is 5.75 Å². The zero-order valence-corrected chi connectivity index (χ0v) is 9.39. The summed E-state index contributed by atoms with van der Waals surface area (Å²) in [5.41, 5.74) is 3.82. The number of hydrogen-bond donors (Lipinski definition) is 2. The highest BCUT2D eigenvalue weighted by molar-refractivity contribution is 6.32. The first kappa shape index (κ1) is 11.8. The van der Waals surface area contributed by atoms with Crippen LogP contribution >= 0.6 is 11.6 Å². The molecule has 1 rings (SSSR count). The molecule has 0 spiro atoms. The van der Waals surface area contributed by atoms with Gasteiger partial charge in [0, 0.05) is 5.02 Å². The van der Waals surface area contributed by atoms with Crippen LogP contribution in [-0.4, -0.2) is 12.5 Å². The molecule has 15 heavy (non-hydrogen) atoms. The Morgan fingerprint density at radius 2 is 2.00 bits per heavy atom. The van der Waals surface area contributed by atoms with Gasteiger partial charge in [0.05, 0.1) is 0 Å². The van der Waals surface area contributed by atoms with Gasteiger partial charge in [0.25, 0.3) is 5.91 Å². The second-order valence-corrected chi connectivity index (χ2v) is 3.61. The number of hydrogen-bond acceptors (Lipinski definition) is 3. The van der Waals surface area contributed by atoms with Gasteiger partial charge in [-0.25, -0.2) is 5.84 Å². The van der Waals surface area contributed by atoms with Gasteiger partial charge in [-0.15, -0.1) is 0 Å². The monoisotopic (exact) mass is 228 g/mol. The fourth-order valence-corrected chi connectivity index (χ4v) is 1.29. The number of carbonyl (C=O) groups excluding carboxylic acids is 1. The molecular formula is C10H13ClN2O2. The third kappa shape index (κ3) is 3.11. The smallest absolute Gasteiger partial charge is 0.271 e. The summed E-state index contributed by atoms with van der Waals surface area (Å²) in [6, 6.07) is 3.55. The maximum atomic E-state index is 10.8. The Labute approximate surface area is 93.3 Å². The maximum absolute atomic E-state index is 10.8. The number of benzene rings is 1. The van der Waals surface area contributed by atoms with Crippen molar-refractivity contribution in [2.24, 2.45) is 5.84 Å². The lowest BCUT2D eigenvalue weighted by Crippen LogP contribution is -2.34. The molecule has 1 aromatic rings. The fraction of sp³-hybridized carbons (Fsp3) is 0.300. The van der Waals surface area contributed by atoms with Gasteiger partial charge in [-0.05, 0) is 37.1 Å². The van der Waals surface area contributed by atoms with Crippen molar-refractivity contribution >= 4 is 17.5 Å². The molecule has 82 valence electrons. The van der Waals surface area contributed by atoms with Crippen molar-refractivity contribution in [2.45, 2.75) is 13.8 Å². The minimum absolute atomic E-state index is 0.100. The Hall–Kier alpha value is -1.26. The third-order valence-corrected chi connectivity index (χ3v) is 2.54. The van der Waals surface area contributed by atoms with E-state index in [0.29, 0.717) is 10.8 Å². The quantitative estimate of drug-likeness (QED) is 0.466. The maximum Gasteiger partial charge on any atom is 0.271 e. The summed E-state index contributed by atoms with van der Waals surface area (Å²) < 4.78 is 5.22. The Kier molecular flexibility index (Phi) is 3.94. The first-order valence-corrected chi connectivity index (χ1v) is 4.81. The molecule has 3 N–H and O–H groups in total. The zero-order chi connectivity index (χ0) is 11.4. The molecule has 0 aliphatic heterocycles. The molecule has 0 heterocycles. The average Bonchev–Trinajstić information content (AvgIpc) is 2.22. The molecule has 0 aliphatic carbocycles. The Morgan fingerprint density at radius 1 is 1.47 bits per heavy atom. The Bertz CT molecular complexity index is 357. The molecule has 0 saturated heterocycles. The van der Waals surface area contributed by atoms with E-state index in [2.05, 4.69) is 0 Å². The number of carbonyl (C=O) groups is 1. The first-order chi connectivity index (χ1) is 7.04. The molecule has 0 unspecified atom stereocenters. The molecular weight excluding hydrogens is 216 g/mol. The number of nitrogens with one attached hydrogen (secondary N) is 1. The van der Waals surface area contributed by atoms with Crippen LogP contribution in [0.4, 0.5) is 0 Å². The molecule has 0 saturated carbocycles. The Morgan fingerprint density at radius 3 is 2.47 bits per heavy atom. The van der Waals surface area contributed by atoms with Gasteiger partial charge in [-0.1, -0.05) is 11.6 Å². The van der Waals surface area contributed by atoms with Crippen LogP contribution in [0.2, 0.25) is 5.02 Å². The normalized spacial score (nSPS) is 9.87. The van der Waals surface area contributed by atoms with E-state index in [0.717, 1.165) is 11.1 Å². The molecule has 0 radical (unpaired) electrons. The molecule has 0 aromatic heterocycles. The summed E-state index contributed by atoms with van der Waals surface area (Å²) >= 11 is 5.98. The summed E-state index contributed by atoms with van der Waals surface area (Å²) in [5, 5.41) is 0.714. The van der Waals surface area contributed by atoms with Gasteiger partial charge in [0.15, 0.2) is 6.61 Å². The molecule has 1 amide bonds. The van der Waals surface area contributed by atoms with Gasteiger partial charge >= 0.3 is 0 Å². The largest absolute Gasteiger partial charge is 0.484 e. The van der Waals surface area contributed by atoms with E-state index >= 15 is 0 Å². The number of ether oxygens (including phenoxy) is 1. The molecule has 0 fully saturated rings. The molecule has 0 aliphatic rings. The standard InChI is InChI=1S/C10H13ClN2O2/c1-6-3-8(4-7(2)10(6)11)15-5-9(14)13-12/h3-4H,5,12H2,1-2H3,(H,13,14). The van der Waals surface area contributed by atoms with Crippen molar-refractivity contribution in [3.63, 3.8) is 0 Å². The van der Waals surface area contributed by atoms with Crippen molar-refractivity contribution in [1.29, 1.82) is 0 Å². The summed E-state index contributed by atoms with van der Waals surface area (Å²) in [6.45, 7) is 3.66. The van der Waals surface area contributed by atoms with E-state index in [4.69, 9.17) is 22.2 Å². The predicted octanol–water partition coefficient (Wildman–Crippen LogP) is 1.33. The number of nitrogens with two attached hydrogens (primary N) is 1. The van der Waals surface area contributed by atoms with Crippen LogP contribution < -0.4 is 16.0 Å². The SMILES string of the molecule is Cc1cc(OCC(=O)NN)cc(C)c1Cl. The Balaban J connectivity index is 2.75. The fourth-order valence-electron chi connectivity index (χ4n) is 1.18. The van der Waals surface area contributed by atoms with Crippen molar-refractivity contribution < 1.29 is 9.53 Å². The number of aryl methyl sites for hydroxylation is 2. The third-order valence-electron chi connectivity index (χ3n) is 1.94. The molecule has 1 aromatic carbocycles. The highest BCUT2D eigenvalue weighted by Gasteiger charge is 2.05. The van der Waals surface area contributed by atoms with Gasteiger partial charge in [-0.3, -0.25) is 10.2 Å². The highest BCUT2D eigenvalue weighted by atomic mass is 35.5. The van der Waals surface area contributed by atoms with Crippen LogP contribution in [0.25, 0.3) is 0 Å². The lowest BCUT2D eigenvalue weighted by atomic mass is 10.1. The number of hydrazine groups is 1. The minimum Gasteiger partial charge on any atom is -0.484 e. The van der Waals surface area contributed by atoms with E-state index in [1.54, 1.807) is 12.1 Å². The molecule has 5 heteroatoms. The van der Waals surface area contributed by atoms with Gasteiger partial charge in [0.1, 0.15) is 5.75 Å². The van der Waals surface area contributed by atoms with E-state index in [9.17, 15) is 4.79 Å². The van der Waals surface area contributed by atoms with E-state index in [-0.39, 0.29) is 12.5 Å². The first-order valence-electron chi connectivity index (χ1n) is 4.43. The van der Waals surface area contributed by atoms with Crippen molar-refractivity contribution in [2.75, 3.05) is 6.61 Å². The van der Waals surface area contributed by atoms with Gasteiger partial charge in [0.2, 0.25) is 0 Å². The van der Waals surface area contributed by atoms with Crippen LogP contribution in [0, 0.1) is 13.8 Å². The van der Waals surface area contributed by atoms with Crippen LogP contribution in [0.15, 0.2) is 12.1 Å². The second-order valence-electron chi connectivity index (χ2n) is 3.23. The van der Waals surface area contributed by atoms with Crippen LogP contribution in [0.3, 0.4) is 0 Å². The zero-order valence-electron chi connectivity index (χ0n) is 8.63. The van der Waals surface area contributed by atoms with Gasteiger partial charge in [-0.2, -0.15) is 0 Å². The average molecular weight is 229 g/mol. The second kappa shape index (κ2) is 5.00. The van der Waals surface area contributed by atoms with Gasteiger partial charge < -0.3 is 4.74 Å². The lowest BCUT2D eigenvalue weighted by molar-refractivity contribution is -0.123. The van der Waals surface area contributed by atoms with Crippen molar-refractivity contribution in [1.82, 2.24) is 5.43 Å². The summed E-state index contributed by atoms with van der Waals surface area (Å²) in [7, 11) is 0. The molecule has 0 bridgehead atoms. The lowest BCUT2D eigenvalue weighted by Gasteiger charge is -2.08. The van der Waals surface area contributed by atoms with Crippen molar-refractivity contribution in [3.05, 3.63) is 28.3 Å². The summed E-state index contributed by atoms with van der Waals surface area (Å²) in [6.07, 6.45) is 0. The van der Waals surface area contributed by atoms with E-state index in [1.807, 2.05) is 19.3 Å².